The Labute approximate surface area is 124 Å². The Kier molecular flexibility index (Phi) is 4.72. The van der Waals surface area contributed by atoms with E-state index in [0.29, 0.717) is 0 Å². The molecule has 0 heterocycles. The molecule has 0 aliphatic carbocycles. The number of hydrogen-bond donors (Lipinski definition) is 0. The molecule has 0 spiro atoms. The summed E-state index contributed by atoms with van der Waals surface area (Å²) in [4.78, 5) is 0.836. The van der Waals surface area contributed by atoms with Crippen molar-refractivity contribution in [1.82, 2.24) is 0 Å². The van der Waals surface area contributed by atoms with Crippen molar-refractivity contribution in [2.24, 2.45) is 0 Å². The van der Waals surface area contributed by atoms with E-state index >= 15 is 0 Å². The van der Waals surface area contributed by atoms with Crippen molar-refractivity contribution >= 4 is 39.5 Å². The van der Waals surface area contributed by atoms with E-state index in [1.165, 1.54) is 5.56 Å². The van der Waals surface area contributed by atoms with Crippen molar-refractivity contribution < 1.29 is 4.21 Å². The summed E-state index contributed by atoms with van der Waals surface area (Å²) in [6.45, 7) is 2.02. The van der Waals surface area contributed by atoms with Crippen molar-refractivity contribution in [3.05, 3.63) is 68.6 Å². The van der Waals surface area contributed by atoms with Crippen molar-refractivity contribution in [2.45, 2.75) is 11.8 Å². The summed E-state index contributed by atoms with van der Waals surface area (Å²) in [6, 6.07) is 15.8. The molecule has 3 heteroatoms. The Balaban J connectivity index is 2.17. The molecule has 1 nitrogen and oxygen atoms in total. The van der Waals surface area contributed by atoms with Gasteiger partial charge in [-0.2, -0.15) is 0 Å². The zero-order chi connectivity index (χ0) is 13.0. The first kappa shape index (κ1) is 13.5. The highest BCUT2D eigenvalue weighted by Crippen LogP contribution is 2.15. The second kappa shape index (κ2) is 6.29. The SMILES string of the molecule is Cc1ccc([S@](=O)/C=C/c2ccccc2I)cc1. The first-order valence-corrected chi connectivity index (χ1v) is 7.86. The average Bonchev–Trinajstić information content (AvgIpc) is 2.38. The van der Waals surface area contributed by atoms with Gasteiger partial charge in [0.2, 0.25) is 0 Å². The van der Waals surface area contributed by atoms with Crippen LogP contribution >= 0.6 is 22.6 Å². The Bertz CT molecular complexity index is 588. The fourth-order valence-electron chi connectivity index (χ4n) is 1.50. The van der Waals surface area contributed by atoms with Gasteiger partial charge in [0.25, 0.3) is 0 Å². The van der Waals surface area contributed by atoms with E-state index in [1.54, 1.807) is 5.41 Å². The maximum atomic E-state index is 12.1. The lowest BCUT2D eigenvalue weighted by Crippen LogP contribution is -1.86. The first-order chi connectivity index (χ1) is 8.66. The maximum Gasteiger partial charge on any atom is 0.0776 e. The van der Waals surface area contributed by atoms with Gasteiger partial charge < -0.3 is 0 Å². The highest BCUT2D eigenvalue weighted by molar-refractivity contribution is 14.1. The molecule has 0 saturated heterocycles. The van der Waals surface area contributed by atoms with Gasteiger partial charge in [0.1, 0.15) is 0 Å². The summed E-state index contributed by atoms with van der Waals surface area (Å²) >= 11 is 2.28. The van der Waals surface area contributed by atoms with Gasteiger partial charge in [-0.1, -0.05) is 35.9 Å². The average molecular weight is 368 g/mol. The number of halogens is 1. The lowest BCUT2D eigenvalue weighted by molar-refractivity contribution is 0.688. The minimum absolute atomic E-state index is 0.836. The van der Waals surface area contributed by atoms with Gasteiger partial charge in [-0.15, -0.1) is 0 Å². The lowest BCUT2D eigenvalue weighted by Gasteiger charge is -1.99. The zero-order valence-electron chi connectivity index (χ0n) is 9.97. The topological polar surface area (TPSA) is 17.1 Å². The van der Waals surface area contributed by atoms with Crippen LogP contribution in [0, 0.1) is 10.5 Å². The standard InChI is InChI=1S/C15H13IOS/c1-12-6-8-14(9-7-12)18(17)11-10-13-4-2-3-5-15(13)16/h2-11H,1H3/b11-10+/t18-/m1/s1. The molecule has 2 rings (SSSR count). The molecular formula is C15H13IOS. The van der Waals surface area contributed by atoms with E-state index in [0.717, 1.165) is 14.0 Å². The monoisotopic (exact) mass is 368 g/mol. The quantitative estimate of drug-likeness (QED) is 0.735. The van der Waals surface area contributed by atoms with E-state index in [2.05, 4.69) is 22.6 Å². The summed E-state index contributed by atoms with van der Waals surface area (Å²) in [5.41, 5.74) is 2.27. The summed E-state index contributed by atoms with van der Waals surface area (Å²) in [6.07, 6.45) is 1.91. The van der Waals surface area contributed by atoms with Crippen LogP contribution in [0.2, 0.25) is 0 Å². The molecule has 0 amide bonds. The van der Waals surface area contributed by atoms with Crippen molar-refractivity contribution in [3.8, 4) is 0 Å². The van der Waals surface area contributed by atoms with Gasteiger partial charge in [0, 0.05) is 13.9 Å². The van der Waals surface area contributed by atoms with E-state index in [-0.39, 0.29) is 0 Å². The predicted octanol–water partition coefficient (Wildman–Crippen LogP) is 4.38. The number of hydrogen-bond acceptors (Lipinski definition) is 1. The maximum absolute atomic E-state index is 12.1. The first-order valence-electron chi connectivity index (χ1n) is 5.57. The molecule has 0 aromatic heterocycles. The molecule has 92 valence electrons. The Morgan fingerprint density at radius 2 is 1.72 bits per heavy atom. The Morgan fingerprint density at radius 3 is 2.39 bits per heavy atom. The summed E-state index contributed by atoms with van der Waals surface area (Å²) in [7, 11) is -1.08. The van der Waals surface area contributed by atoms with Gasteiger partial charge in [-0.25, -0.2) is 4.21 Å². The van der Waals surface area contributed by atoms with Gasteiger partial charge >= 0.3 is 0 Å². The third-order valence-electron chi connectivity index (χ3n) is 2.53. The van der Waals surface area contributed by atoms with Crippen molar-refractivity contribution in [3.63, 3.8) is 0 Å². The smallest absolute Gasteiger partial charge is 0.0776 e. The molecule has 2 aromatic rings. The highest BCUT2D eigenvalue weighted by Gasteiger charge is 1.99. The van der Waals surface area contributed by atoms with Crippen LogP contribution in [0.25, 0.3) is 6.08 Å². The molecule has 0 N–H and O–H groups in total. The van der Waals surface area contributed by atoms with Crippen LogP contribution in [0.5, 0.6) is 0 Å². The van der Waals surface area contributed by atoms with E-state index < -0.39 is 10.8 Å². The minimum atomic E-state index is -1.08. The number of benzene rings is 2. The molecule has 18 heavy (non-hydrogen) atoms. The molecular weight excluding hydrogens is 355 g/mol. The van der Waals surface area contributed by atoms with Crippen molar-refractivity contribution in [1.29, 1.82) is 0 Å². The van der Waals surface area contributed by atoms with Gasteiger partial charge in [-0.3, -0.25) is 0 Å². The molecule has 0 aliphatic rings. The van der Waals surface area contributed by atoms with E-state index in [1.807, 2.05) is 61.5 Å². The largest absolute Gasteiger partial charge is 0.250 e. The van der Waals surface area contributed by atoms with Gasteiger partial charge in [0.15, 0.2) is 0 Å². The van der Waals surface area contributed by atoms with Crippen LogP contribution in [-0.4, -0.2) is 4.21 Å². The third-order valence-corrected chi connectivity index (χ3v) is 4.63. The van der Waals surface area contributed by atoms with Crippen LogP contribution in [-0.2, 0) is 10.8 Å². The Morgan fingerprint density at radius 1 is 1.06 bits per heavy atom. The van der Waals surface area contributed by atoms with Crippen molar-refractivity contribution in [2.75, 3.05) is 0 Å². The predicted molar refractivity (Wildman–Crippen MR) is 85.8 cm³/mol. The fraction of sp³-hybridized carbons (Fsp3) is 0.0667. The van der Waals surface area contributed by atoms with Crippen LogP contribution in [0.15, 0.2) is 58.8 Å². The zero-order valence-corrected chi connectivity index (χ0v) is 12.9. The normalized spacial score (nSPS) is 12.8. The molecule has 0 bridgehead atoms. The molecule has 0 radical (unpaired) electrons. The number of aryl methyl sites for hydroxylation is 1. The van der Waals surface area contributed by atoms with E-state index in [4.69, 9.17) is 0 Å². The summed E-state index contributed by atoms with van der Waals surface area (Å²) < 4.78 is 13.2. The highest BCUT2D eigenvalue weighted by atomic mass is 127. The molecule has 1 atom stereocenters. The summed E-state index contributed by atoms with van der Waals surface area (Å²) in [5.74, 6) is 0. The van der Waals surface area contributed by atoms with Gasteiger partial charge in [0.05, 0.1) is 10.8 Å². The molecule has 0 unspecified atom stereocenters. The second-order valence-corrected chi connectivity index (χ2v) is 6.44. The molecule has 0 aliphatic heterocycles. The van der Waals surface area contributed by atoms with Crippen LogP contribution in [0.4, 0.5) is 0 Å². The molecule has 0 saturated carbocycles. The van der Waals surface area contributed by atoms with Crippen LogP contribution in [0.1, 0.15) is 11.1 Å². The van der Waals surface area contributed by atoms with Crippen LogP contribution < -0.4 is 0 Å². The Hall–Kier alpha value is -0.940. The third kappa shape index (κ3) is 3.53. The van der Waals surface area contributed by atoms with Crippen LogP contribution in [0.3, 0.4) is 0 Å². The minimum Gasteiger partial charge on any atom is -0.250 e. The molecule has 0 fully saturated rings. The fourth-order valence-corrected chi connectivity index (χ4v) is 2.90. The van der Waals surface area contributed by atoms with Gasteiger partial charge in [-0.05, 0) is 59.4 Å². The van der Waals surface area contributed by atoms with E-state index in [9.17, 15) is 4.21 Å². The molecule has 2 aromatic carbocycles. The lowest BCUT2D eigenvalue weighted by atomic mass is 10.2. The second-order valence-electron chi connectivity index (χ2n) is 3.93. The number of rotatable bonds is 3. The summed E-state index contributed by atoms with van der Waals surface area (Å²) in [5, 5.41) is 1.74.